The second kappa shape index (κ2) is 6.39. The average molecular weight is 242 g/mol. The number of rotatable bonds is 3. The van der Waals surface area contributed by atoms with Gasteiger partial charge in [-0.2, -0.15) is 0 Å². The van der Waals surface area contributed by atoms with E-state index in [-0.39, 0.29) is 0 Å². The average Bonchev–Trinajstić information content (AvgIpc) is 2.50. The van der Waals surface area contributed by atoms with Crippen molar-refractivity contribution in [3.05, 3.63) is 18.7 Å². The van der Waals surface area contributed by atoms with Gasteiger partial charge in [-0.1, -0.05) is 4.73 Å². The van der Waals surface area contributed by atoms with Crippen LogP contribution < -0.4 is 9.40 Å². The lowest BCUT2D eigenvalue weighted by Gasteiger charge is -1.96. The standard InChI is InChI=1S/C8H15N2O.BF4/c1-4-11-10-6-5-9(7-10)8(2)3;2-1(3,4)5/h5-8H,4H2,1-3H3;/q+1;-1. The van der Waals surface area contributed by atoms with Gasteiger partial charge >= 0.3 is 7.25 Å². The summed E-state index contributed by atoms with van der Waals surface area (Å²) in [5.41, 5.74) is 0. The molecule has 0 aliphatic carbocycles. The molecule has 3 nitrogen and oxygen atoms in total. The molecule has 0 N–H and O–H groups in total. The first kappa shape index (κ1) is 14.8. The van der Waals surface area contributed by atoms with E-state index in [0.29, 0.717) is 12.6 Å². The molecular formula is C8H15BF4N2O. The number of nitrogens with zero attached hydrogens (tertiary/aromatic N) is 2. The van der Waals surface area contributed by atoms with E-state index >= 15 is 0 Å². The van der Waals surface area contributed by atoms with Gasteiger partial charge < -0.3 is 22.1 Å². The predicted molar refractivity (Wildman–Crippen MR) is 52.3 cm³/mol. The Morgan fingerprint density at radius 1 is 1.31 bits per heavy atom. The molecule has 1 aromatic rings. The first-order valence-electron chi connectivity index (χ1n) is 4.83. The molecule has 16 heavy (non-hydrogen) atoms. The van der Waals surface area contributed by atoms with Gasteiger partial charge in [0.1, 0.15) is 12.8 Å². The SMILES string of the molecule is CCOn1cc[n+](C(C)C)c1.F[B-](F)(F)F. The molecular weight excluding hydrogens is 227 g/mol. The minimum atomic E-state index is -6.00. The van der Waals surface area contributed by atoms with Gasteiger partial charge in [0.15, 0.2) is 6.20 Å². The highest BCUT2D eigenvalue weighted by Gasteiger charge is 2.20. The number of hydrogen-bond donors (Lipinski definition) is 0. The van der Waals surface area contributed by atoms with Crippen LogP contribution in [0.5, 0.6) is 0 Å². The van der Waals surface area contributed by atoms with Crippen molar-refractivity contribution in [2.45, 2.75) is 26.8 Å². The highest BCUT2D eigenvalue weighted by atomic mass is 19.5. The Hall–Kier alpha value is -1.21. The summed E-state index contributed by atoms with van der Waals surface area (Å²) in [5.74, 6) is 0. The van der Waals surface area contributed by atoms with Gasteiger partial charge in [-0.25, -0.2) is 4.57 Å². The molecule has 0 saturated carbocycles. The summed E-state index contributed by atoms with van der Waals surface area (Å²) in [4.78, 5) is 5.23. The summed E-state index contributed by atoms with van der Waals surface area (Å²) >= 11 is 0. The highest BCUT2D eigenvalue weighted by Crippen LogP contribution is 2.06. The van der Waals surface area contributed by atoms with Crippen molar-refractivity contribution in [1.82, 2.24) is 4.73 Å². The normalized spacial score (nSPS) is 11.0. The van der Waals surface area contributed by atoms with E-state index in [9.17, 15) is 17.3 Å². The monoisotopic (exact) mass is 242 g/mol. The fourth-order valence-corrected chi connectivity index (χ4v) is 0.882. The second-order valence-electron chi connectivity index (χ2n) is 3.23. The van der Waals surface area contributed by atoms with E-state index in [4.69, 9.17) is 4.84 Å². The molecule has 0 saturated heterocycles. The van der Waals surface area contributed by atoms with Crippen molar-refractivity contribution >= 4 is 7.25 Å². The van der Waals surface area contributed by atoms with E-state index in [1.165, 1.54) is 0 Å². The topological polar surface area (TPSA) is 18.0 Å². The van der Waals surface area contributed by atoms with Crippen LogP contribution in [0.25, 0.3) is 0 Å². The van der Waals surface area contributed by atoms with E-state index in [0.717, 1.165) is 0 Å². The highest BCUT2D eigenvalue weighted by molar-refractivity contribution is 6.50. The Kier molecular flexibility index (Phi) is 5.91. The molecule has 8 heteroatoms. The summed E-state index contributed by atoms with van der Waals surface area (Å²) in [6, 6.07) is 0.497. The lowest BCUT2D eigenvalue weighted by molar-refractivity contribution is -0.716. The minimum Gasteiger partial charge on any atom is -0.418 e. The first-order valence-corrected chi connectivity index (χ1v) is 4.83. The number of imidazole rings is 1. The van der Waals surface area contributed by atoms with Crippen LogP contribution in [-0.2, 0) is 0 Å². The van der Waals surface area contributed by atoms with Crippen LogP contribution in [0.2, 0.25) is 0 Å². The van der Waals surface area contributed by atoms with Crippen molar-refractivity contribution in [2.75, 3.05) is 6.61 Å². The maximum atomic E-state index is 9.75. The molecule has 0 amide bonds. The summed E-state index contributed by atoms with van der Waals surface area (Å²) in [6.45, 7) is 6.94. The Balaban J connectivity index is 0.000000385. The van der Waals surface area contributed by atoms with Gasteiger partial charge in [0.2, 0.25) is 0 Å². The lowest BCUT2D eigenvalue weighted by Crippen LogP contribution is -2.33. The van der Waals surface area contributed by atoms with E-state index in [1.54, 1.807) is 4.73 Å². The fraction of sp³-hybridized carbons (Fsp3) is 0.625. The molecule has 94 valence electrons. The Morgan fingerprint density at radius 3 is 2.12 bits per heavy atom. The molecule has 0 bridgehead atoms. The van der Waals surface area contributed by atoms with Crippen LogP contribution >= 0.6 is 0 Å². The Morgan fingerprint density at radius 2 is 1.81 bits per heavy atom. The fourth-order valence-electron chi connectivity index (χ4n) is 0.882. The third kappa shape index (κ3) is 8.13. The largest absolute Gasteiger partial charge is 0.673 e. The number of aromatic nitrogens is 2. The smallest absolute Gasteiger partial charge is 0.418 e. The maximum Gasteiger partial charge on any atom is 0.673 e. The van der Waals surface area contributed by atoms with Crippen LogP contribution in [0.3, 0.4) is 0 Å². The lowest BCUT2D eigenvalue weighted by atomic mass is 10.3. The van der Waals surface area contributed by atoms with Crippen molar-refractivity contribution in [3.8, 4) is 0 Å². The molecule has 1 aromatic heterocycles. The third-order valence-corrected chi connectivity index (χ3v) is 1.51. The second-order valence-corrected chi connectivity index (χ2v) is 3.23. The summed E-state index contributed by atoms with van der Waals surface area (Å²) < 4.78 is 42.8. The molecule has 0 spiro atoms. The van der Waals surface area contributed by atoms with E-state index < -0.39 is 7.25 Å². The van der Waals surface area contributed by atoms with Gasteiger partial charge in [-0.05, 0) is 20.8 Å². The molecule has 0 atom stereocenters. The van der Waals surface area contributed by atoms with Gasteiger partial charge in [0, 0.05) is 0 Å². The van der Waals surface area contributed by atoms with E-state index in [1.807, 2.05) is 25.6 Å². The summed E-state index contributed by atoms with van der Waals surface area (Å²) in [5, 5.41) is 0. The van der Waals surface area contributed by atoms with Crippen molar-refractivity contribution in [1.29, 1.82) is 0 Å². The van der Waals surface area contributed by atoms with Gasteiger partial charge in [-0.3, -0.25) is 0 Å². The Bertz CT molecular complexity index is 294. The Labute approximate surface area is 91.7 Å². The molecule has 0 aliphatic rings. The zero-order valence-electron chi connectivity index (χ0n) is 9.41. The predicted octanol–water partition coefficient (Wildman–Crippen LogP) is 2.10. The van der Waals surface area contributed by atoms with Crippen LogP contribution in [0.15, 0.2) is 18.7 Å². The maximum absolute atomic E-state index is 9.75. The summed E-state index contributed by atoms with van der Waals surface area (Å²) in [7, 11) is -6.00. The molecule has 0 fully saturated rings. The van der Waals surface area contributed by atoms with Crippen LogP contribution in [-0.4, -0.2) is 18.6 Å². The van der Waals surface area contributed by atoms with Crippen LogP contribution in [0.4, 0.5) is 17.3 Å². The van der Waals surface area contributed by atoms with Crippen molar-refractivity contribution in [2.24, 2.45) is 0 Å². The van der Waals surface area contributed by atoms with Crippen molar-refractivity contribution < 1.29 is 26.7 Å². The number of halogens is 4. The molecule has 1 rings (SSSR count). The molecule has 1 heterocycles. The van der Waals surface area contributed by atoms with E-state index in [2.05, 4.69) is 18.4 Å². The van der Waals surface area contributed by atoms with Crippen LogP contribution in [0, 0.1) is 0 Å². The first-order chi connectivity index (χ1) is 7.24. The summed E-state index contributed by atoms with van der Waals surface area (Å²) in [6.07, 6.45) is 5.85. The van der Waals surface area contributed by atoms with Crippen LogP contribution in [0.1, 0.15) is 26.8 Å². The number of hydrogen-bond acceptors (Lipinski definition) is 1. The minimum absolute atomic E-state index is 0.497. The molecule has 0 radical (unpaired) electrons. The quantitative estimate of drug-likeness (QED) is 0.451. The van der Waals surface area contributed by atoms with Gasteiger partial charge in [0.25, 0.3) is 6.33 Å². The zero-order chi connectivity index (χ0) is 12.8. The molecule has 0 aromatic carbocycles. The van der Waals surface area contributed by atoms with Gasteiger partial charge in [0.05, 0.1) is 6.04 Å². The molecule has 0 unspecified atom stereocenters. The zero-order valence-corrected chi connectivity index (χ0v) is 9.41. The van der Waals surface area contributed by atoms with Gasteiger partial charge in [-0.15, -0.1) is 0 Å². The molecule has 0 aliphatic heterocycles. The third-order valence-electron chi connectivity index (χ3n) is 1.51. The van der Waals surface area contributed by atoms with Crippen molar-refractivity contribution in [3.63, 3.8) is 0 Å².